The molecule has 1 aliphatic carbocycles. The van der Waals surface area contributed by atoms with E-state index in [1.165, 1.54) is 19.3 Å². The van der Waals surface area contributed by atoms with E-state index in [4.69, 9.17) is 11.6 Å². The van der Waals surface area contributed by atoms with Gasteiger partial charge in [-0.2, -0.15) is 0 Å². The zero-order valence-electron chi connectivity index (χ0n) is 12.5. The van der Waals surface area contributed by atoms with Crippen molar-refractivity contribution in [3.8, 4) is 0 Å². The van der Waals surface area contributed by atoms with Crippen molar-refractivity contribution in [2.45, 2.75) is 50.0 Å². The molecule has 2 unspecified atom stereocenters. The minimum Gasteiger partial charge on any atom is -0.382 e. The Morgan fingerprint density at radius 1 is 1.19 bits per heavy atom. The van der Waals surface area contributed by atoms with Gasteiger partial charge in [0.1, 0.15) is 0 Å². The first-order valence-electron chi connectivity index (χ1n) is 7.72. The van der Waals surface area contributed by atoms with Crippen LogP contribution in [0.4, 0.5) is 5.69 Å². The summed E-state index contributed by atoms with van der Waals surface area (Å²) in [5, 5.41) is 3.51. The summed E-state index contributed by atoms with van der Waals surface area (Å²) in [6, 6.07) is 7.53. The van der Waals surface area contributed by atoms with Gasteiger partial charge in [-0.3, -0.25) is 0 Å². The zero-order chi connectivity index (χ0) is 15.3. The lowest BCUT2D eigenvalue weighted by atomic mass is 9.85. The molecule has 1 aliphatic rings. The number of sulfone groups is 1. The Morgan fingerprint density at radius 3 is 2.48 bits per heavy atom. The van der Waals surface area contributed by atoms with Crippen LogP contribution in [0.15, 0.2) is 29.2 Å². The molecule has 0 bridgehead atoms. The molecule has 1 aromatic carbocycles. The van der Waals surface area contributed by atoms with Crippen LogP contribution in [0.5, 0.6) is 0 Å². The smallest absolute Gasteiger partial charge is 0.178 e. The van der Waals surface area contributed by atoms with Crippen molar-refractivity contribution in [3.63, 3.8) is 0 Å². The summed E-state index contributed by atoms with van der Waals surface area (Å²) in [5.41, 5.74) is 0.979. The number of rotatable bonds is 6. The van der Waals surface area contributed by atoms with Crippen molar-refractivity contribution in [1.29, 1.82) is 0 Å². The molecule has 118 valence electrons. The molecule has 0 saturated heterocycles. The molecule has 1 aromatic rings. The maximum atomic E-state index is 12.0. The van der Waals surface area contributed by atoms with Crippen LogP contribution in [0.25, 0.3) is 0 Å². The highest BCUT2D eigenvalue weighted by Crippen LogP contribution is 2.28. The van der Waals surface area contributed by atoms with Crippen molar-refractivity contribution in [3.05, 3.63) is 24.3 Å². The van der Waals surface area contributed by atoms with Gasteiger partial charge in [-0.1, -0.05) is 19.8 Å². The molecular weight excluding hydrogens is 306 g/mol. The second-order valence-corrected chi connectivity index (χ2v) is 8.21. The fourth-order valence-electron chi connectivity index (χ4n) is 2.94. The van der Waals surface area contributed by atoms with E-state index >= 15 is 0 Å². The van der Waals surface area contributed by atoms with Gasteiger partial charge in [0, 0.05) is 17.6 Å². The highest BCUT2D eigenvalue weighted by molar-refractivity contribution is 7.91. The molecule has 3 nitrogen and oxygen atoms in total. The summed E-state index contributed by atoms with van der Waals surface area (Å²) >= 11 is 6.04. The number of nitrogens with one attached hydrogen (secondary N) is 1. The Bertz CT molecular complexity index is 542. The third-order valence-electron chi connectivity index (χ3n) is 4.15. The monoisotopic (exact) mass is 329 g/mol. The summed E-state index contributed by atoms with van der Waals surface area (Å²) in [4.78, 5) is 0.410. The Balaban J connectivity index is 2.05. The van der Waals surface area contributed by atoms with E-state index in [-0.39, 0.29) is 5.75 Å². The fraction of sp³-hybridized carbons (Fsp3) is 0.625. The highest BCUT2D eigenvalue weighted by atomic mass is 35.5. The second-order valence-electron chi connectivity index (χ2n) is 5.79. The standard InChI is InChI=1S/C16H24ClNO2S/c1-2-11-21(19,20)15-9-7-14(8-10-15)18-16-6-4-3-5-13(16)12-17/h7-10,13,16,18H,2-6,11-12H2,1H3. The minimum atomic E-state index is -3.12. The van der Waals surface area contributed by atoms with E-state index in [9.17, 15) is 8.42 Å². The summed E-state index contributed by atoms with van der Waals surface area (Å²) in [6.45, 7) is 1.88. The molecular formula is C16H24ClNO2S. The maximum absolute atomic E-state index is 12.0. The minimum absolute atomic E-state index is 0.205. The van der Waals surface area contributed by atoms with Gasteiger partial charge < -0.3 is 5.32 Å². The molecule has 0 amide bonds. The van der Waals surface area contributed by atoms with Crippen LogP contribution < -0.4 is 5.32 Å². The largest absolute Gasteiger partial charge is 0.382 e. The highest BCUT2D eigenvalue weighted by Gasteiger charge is 2.24. The molecule has 0 aliphatic heterocycles. The van der Waals surface area contributed by atoms with Crippen molar-refractivity contribution in [1.82, 2.24) is 0 Å². The second kappa shape index (κ2) is 7.50. The SMILES string of the molecule is CCCS(=O)(=O)c1ccc(NC2CCCCC2CCl)cc1. The predicted molar refractivity (Wildman–Crippen MR) is 88.9 cm³/mol. The predicted octanol–water partition coefficient (Wildman–Crippen LogP) is 4.08. The zero-order valence-corrected chi connectivity index (χ0v) is 14.1. The third-order valence-corrected chi connectivity index (χ3v) is 6.48. The Hall–Kier alpha value is -0.740. The number of benzene rings is 1. The average molecular weight is 330 g/mol. The Labute approximate surface area is 133 Å². The van der Waals surface area contributed by atoms with E-state index in [1.54, 1.807) is 12.1 Å². The van der Waals surface area contributed by atoms with Crippen molar-refractivity contribution in [2.75, 3.05) is 16.9 Å². The van der Waals surface area contributed by atoms with Gasteiger partial charge >= 0.3 is 0 Å². The molecule has 1 N–H and O–H groups in total. The van der Waals surface area contributed by atoms with E-state index in [0.717, 1.165) is 12.1 Å². The number of hydrogen-bond donors (Lipinski definition) is 1. The molecule has 0 aromatic heterocycles. The summed E-state index contributed by atoms with van der Waals surface area (Å²) < 4.78 is 24.0. The summed E-state index contributed by atoms with van der Waals surface area (Å²) in [6.07, 6.45) is 5.43. The fourth-order valence-corrected chi connectivity index (χ4v) is 4.63. The maximum Gasteiger partial charge on any atom is 0.178 e. The lowest BCUT2D eigenvalue weighted by Crippen LogP contribution is -2.33. The lowest BCUT2D eigenvalue weighted by molar-refractivity contribution is 0.353. The first-order chi connectivity index (χ1) is 10.1. The topological polar surface area (TPSA) is 46.2 Å². The van der Waals surface area contributed by atoms with Crippen LogP contribution in [0.3, 0.4) is 0 Å². The molecule has 21 heavy (non-hydrogen) atoms. The van der Waals surface area contributed by atoms with Crippen LogP contribution in [0.1, 0.15) is 39.0 Å². The van der Waals surface area contributed by atoms with Gasteiger partial charge in [0.2, 0.25) is 0 Å². The van der Waals surface area contributed by atoms with E-state index in [2.05, 4.69) is 5.32 Å². The first kappa shape index (κ1) is 16.6. The molecule has 1 saturated carbocycles. The number of anilines is 1. The molecule has 0 heterocycles. The van der Waals surface area contributed by atoms with Crippen LogP contribution >= 0.6 is 11.6 Å². The average Bonchev–Trinajstić information content (AvgIpc) is 2.48. The van der Waals surface area contributed by atoms with Gasteiger partial charge in [0.25, 0.3) is 0 Å². The van der Waals surface area contributed by atoms with Crippen LogP contribution in [-0.4, -0.2) is 26.1 Å². The van der Waals surface area contributed by atoms with Crippen molar-refractivity contribution >= 4 is 27.1 Å². The number of hydrogen-bond acceptors (Lipinski definition) is 3. The Morgan fingerprint density at radius 2 is 1.86 bits per heavy atom. The molecule has 0 spiro atoms. The summed E-state index contributed by atoms with van der Waals surface area (Å²) in [7, 11) is -3.12. The number of alkyl halides is 1. The van der Waals surface area contributed by atoms with Crippen LogP contribution in [0, 0.1) is 5.92 Å². The quantitative estimate of drug-likeness (QED) is 0.800. The summed E-state index contributed by atoms with van der Waals surface area (Å²) in [5.74, 6) is 1.39. The van der Waals surface area contributed by atoms with Crippen LogP contribution in [-0.2, 0) is 9.84 Å². The molecule has 1 fully saturated rings. The van der Waals surface area contributed by atoms with Gasteiger partial charge in [0.05, 0.1) is 10.6 Å². The van der Waals surface area contributed by atoms with Gasteiger partial charge in [-0.25, -0.2) is 8.42 Å². The molecule has 5 heteroatoms. The van der Waals surface area contributed by atoms with E-state index in [1.807, 2.05) is 19.1 Å². The molecule has 0 radical (unpaired) electrons. The normalized spacial score (nSPS) is 23.0. The van der Waals surface area contributed by atoms with Gasteiger partial charge in [-0.15, -0.1) is 11.6 Å². The van der Waals surface area contributed by atoms with Gasteiger partial charge in [0.15, 0.2) is 9.84 Å². The van der Waals surface area contributed by atoms with Gasteiger partial charge in [-0.05, 0) is 49.4 Å². The molecule has 2 atom stereocenters. The number of halogens is 1. The lowest BCUT2D eigenvalue weighted by Gasteiger charge is -2.31. The molecule has 2 rings (SSSR count). The van der Waals surface area contributed by atoms with E-state index < -0.39 is 9.84 Å². The van der Waals surface area contributed by atoms with Crippen molar-refractivity contribution in [2.24, 2.45) is 5.92 Å². The van der Waals surface area contributed by atoms with Crippen molar-refractivity contribution < 1.29 is 8.42 Å². The van der Waals surface area contributed by atoms with Crippen LogP contribution in [0.2, 0.25) is 0 Å². The third kappa shape index (κ3) is 4.36. The van der Waals surface area contributed by atoms with E-state index in [0.29, 0.717) is 29.2 Å². The first-order valence-corrected chi connectivity index (χ1v) is 9.91. The Kier molecular flexibility index (Phi) is 5.94.